The molecular formula is C17H12ClN3O4S. The van der Waals surface area contributed by atoms with Crippen LogP contribution in [0.5, 0.6) is 0 Å². The summed E-state index contributed by atoms with van der Waals surface area (Å²) in [4.78, 5) is 21.7. The number of benzene rings is 2. The van der Waals surface area contributed by atoms with Crippen LogP contribution in [-0.2, 0) is 0 Å². The number of nitro groups is 1. The minimum Gasteiger partial charge on any atom is -0.423 e. The van der Waals surface area contributed by atoms with Crippen LogP contribution in [0.3, 0.4) is 0 Å². The number of aryl methyl sites for hydroxylation is 1. The van der Waals surface area contributed by atoms with Gasteiger partial charge >= 0.3 is 5.63 Å². The molecule has 3 aromatic rings. The summed E-state index contributed by atoms with van der Waals surface area (Å²) < 4.78 is 5.19. The van der Waals surface area contributed by atoms with Crippen LogP contribution in [0.25, 0.3) is 11.0 Å². The molecule has 26 heavy (non-hydrogen) atoms. The van der Waals surface area contributed by atoms with E-state index in [2.05, 4.69) is 10.6 Å². The van der Waals surface area contributed by atoms with Crippen molar-refractivity contribution in [1.29, 1.82) is 0 Å². The molecule has 0 spiro atoms. The quantitative estimate of drug-likeness (QED) is 0.295. The molecule has 0 aliphatic carbocycles. The summed E-state index contributed by atoms with van der Waals surface area (Å²) in [5, 5.41) is 17.8. The van der Waals surface area contributed by atoms with E-state index in [0.717, 1.165) is 10.9 Å². The maximum Gasteiger partial charge on any atom is 0.336 e. The van der Waals surface area contributed by atoms with Crippen molar-refractivity contribution in [3.8, 4) is 0 Å². The van der Waals surface area contributed by atoms with E-state index in [4.69, 9.17) is 28.2 Å². The molecule has 0 amide bonds. The smallest absolute Gasteiger partial charge is 0.336 e. The summed E-state index contributed by atoms with van der Waals surface area (Å²) in [7, 11) is 0. The Hall–Kier alpha value is -2.97. The largest absolute Gasteiger partial charge is 0.423 e. The third kappa shape index (κ3) is 3.81. The van der Waals surface area contributed by atoms with Gasteiger partial charge in [0.25, 0.3) is 5.69 Å². The minimum atomic E-state index is -0.531. The Morgan fingerprint density at radius 2 is 1.96 bits per heavy atom. The summed E-state index contributed by atoms with van der Waals surface area (Å²) in [6, 6.07) is 10.7. The highest BCUT2D eigenvalue weighted by molar-refractivity contribution is 7.80. The van der Waals surface area contributed by atoms with Crippen molar-refractivity contribution in [2.45, 2.75) is 6.92 Å². The molecule has 2 N–H and O–H groups in total. The van der Waals surface area contributed by atoms with Gasteiger partial charge in [-0.2, -0.15) is 0 Å². The average molecular weight is 390 g/mol. The lowest BCUT2D eigenvalue weighted by Gasteiger charge is -2.12. The summed E-state index contributed by atoms with van der Waals surface area (Å²) in [6.45, 7) is 1.83. The van der Waals surface area contributed by atoms with Gasteiger partial charge in [-0.05, 0) is 42.9 Å². The number of nitrogens with one attached hydrogen (secondary N) is 2. The number of rotatable bonds is 3. The number of non-ortho nitro benzene ring substituents is 1. The molecule has 1 aromatic heterocycles. The molecule has 9 heteroatoms. The zero-order valence-electron chi connectivity index (χ0n) is 13.4. The number of hydrogen-bond donors (Lipinski definition) is 2. The molecule has 0 saturated heterocycles. The fourth-order valence-corrected chi connectivity index (χ4v) is 2.86. The molecule has 0 aliphatic heterocycles. The Kier molecular flexibility index (Phi) is 4.88. The first-order valence-corrected chi connectivity index (χ1v) is 8.18. The predicted octanol–water partition coefficient (Wildman–Crippen LogP) is 4.47. The standard InChI is InChI=1S/C17H12ClN3O4S/c1-9-6-16(22)25-15-7-10(2-4-12(9)15)19-17(26)20-14-5-3-11(21(23)24)8-13(14)18/h2-8H,1H3,(H2,19,20,26). The molecule has 132 valence electrons. The van der Waals surface area contributed by atoms with Crippen molar-refractivity contribution in [1.82, 2.24) is 0 Å². The molecule has 2 aromatic carbocycles. The average Bonchev–Trinajstić information content (AvgIpc) is 2.56. The lowest BCUT2D eigenvalue weighted by molar-refractivity contribution is -0.384. The number of nitrogens with zero attached hydrogens (tertiary/aromatic N) is 1. The Balaban J connectivity index is 1.79. The maximum absolute atomic E-state index is 11.5. The number of anilines is 2. The van der Waals surface area contributed by atoms with E-state index in [-0.39, 0.29) is 15.8 Å². The normalized spacial score (nSPS) is 10.5. The van der Waals surface area contributed by atoms with Gasteiger partial charge in [0, 0.05) is 35.3 Å². The van der Waals surface area contributed by atoms with Gasteiger partial charge in [0.15, 0.2) is 5.11 Å². The first-order valence-electron chi connectivity index (χ1n) is 7.40. The molecule has 3 rings (SSSR count). The zero-order valence-corrected chi connectivity index (χ0v) is 15.0. The van der Waals surface area contributed by atoms with Gasteiger partial charge < -0.3 is 15.1 Å². The van der Waals surface area contributed by atoms with Gasteiger partial charge in [-0.25, -0.2) is 4.79 Å². The van der Waals surface area contributed by atoms with E-state index in [9.17, 15) is 14.9 Å². The summed E-state index contributed by atoms with van der Waals surface area (Å²) in [6.07, 6.45) is 0. The van der Waals surface area contributed by atoms with Gasteiger partial charge in [-0.15, -0.1) is 0 Å². The van der Waals surface area contributed by atoms with Crippen LogP contribution in [0.1, 0.15) is 5.56 Å². The van der Waals surface area contributed by atoms with Crippen LogP contribution in [0.2, 0.25) is 5.02 Å². The van der Waals surface area contributed by atoms with Crippen molar-refractivity contribution >= 4 is 57.0 Å². The first-order chi connectivity index (χ1) is 12.3. The zero-order chi connectivity index (χ0) is 18.8. The van der Waals surface area contributed by atoms with Crippen LogP contribution in [0, 0.1) is 17.0 Å². The van der Waals surface area contributed by atoms with Gasteiger partial charge in [-0.1, -0.05) is 11.6 Å². The fourth-order valence-electron chi connectivity index (χ4n) is 2.41. The lowest BCUT2D eigenvalue weighted by Crippen LogP contribution is -2.19. The van der Waals surface area contributed by atoms with E-state index in [1.54, 1.807) is 12.1 Å². The highest BCUT2D eigenvalue weighted by atomic mass is 35.5. The number of halogens is 1. The maximum atomic E-state index is 11.5. The van der Waals surface area contributed by atoms with Crippen LogP contribution < -0.4 is 16.3 Å². The van der Waals surface area contributed by atoms with Gasteiger partial charge in [0.1, 0.15) is 5.58 Å². The molecule has 0 unspecified atom stereocenters. The van der Waals surface area contributed by atoms with Crippen molar-refractivity contribution in [2.75, 3.05) is 10.6 Å². The van der Waals surface area contributed by atoms with Crippen molar-refractivity contribution in [3.05, 3.63) is 73.6 Å². The van der Waals surface area contributed by atoms with Crippen molar-refractivity contribution in [2.24, 2.45) is 0 Å². The van der Waals surface area contributed by atoms with Crippen molar-refractivity contribution in [3.63, 3.8) is 0 Å². The number of hydrogen-bond acceptors (Lipinski definition) is 5. The lowest BCUT2D eigenvalue weighted by atomic mass is 10.1. The first kappa shape index (κ1) is 17.8. The number of fused-ring (bicyclic) bond motifs is 1. The Labute approximate surface area is 157 Å². The highest BCUT2D eigenvalue weighted by Gasteiger charge is 2.11. The van der Waals surface area contributed by atoms with E-state index in [1.807, 2.05) is 13.0 Å². The molecule has 0 radical (unpaired) electrons. The van der Waals surface area contributed by atoms with E-state index in [1.165, 1.54) is 24.3 Å². The molecule has 7 nitrogen and oxygen atoms in total. The topological polar surface area (TPSA) is 97.4 Å². The molecule has 1 heterocycles. The second-order valence-electron chi connectivity index (χ2n) is 5.46. The van der Waals surface area contributed by atoms with E-state index < -0.39 is 10.5 Å². The number of thiocarbonyl (C=S) groups is 1. The summed E-state index contributed by atoms with van der Waals surface area (Å²) in [5.74, 6) is 0. The van der Waals surface area contributed by atoms with Crippen LogP contribution in [0.15, 0.2) is 51.7 Å². The third-order valence-corrected chi connectivity index (χ3v) is 4.14. The molecule has 0 saturated carbocycles. The fraction of sp³-hybridized carbons (Fsp3) is 0.0588. The molecule has 0 atom stereocenters. The van der Waals surface area contributed by atoms with E-state index in [0.29, 0.717) is 17.0 Å². The van der Waals surface area contributed by atoms with Gasteiger partial charge in [-0.3, -0.25) is 10.1 Å². The molecular weight excluding hydrogens is 378 g/mol. The Bertz CT molecular complexity index is 1100. The molecule has 0 fully saturated rings. The van der Waals surface area contributed by atoms with Crippen molar-refractivity contribution < 1.29 is 9.34 Å². The predicted molar refractivity (Wildman–Crippen MR) is 105 cm³/mol. The Morgan fingerprint density at radius 1 is 1.19 bits per heavy atom. The second-order valence-corrected chi connectivity index (χ2v) is 6.28. The SMILES string of the molecule is Cc1cc(=O)oc2cc(NC(=S)Nc3ccc([N+](=O)[O-])cc3Cl)ccc12. The molecule has 0 bridgehead atoms. The van der Waals surface area contributed by atoms with Crippen LogP contribution in [-0.4, -0.2) is 10.0 Å². The summed E-state index contributed by atoms with van der Waals surface area (Å²) >= 11 is 11.3. The highest BCUT2D eigenvalue weighted by Crippen LogP contribution is 2.27. The molecule has 0 aliphatic rings. The minimum absolute atomic E-state index is 0.112. The second kappa shape index (κ2) is 7.11. The third-order valence-electron chi connectivity index (χ3n) is 3.62. The summed E-state index contributed by atoms with van der Waals surface area (Å²) in [5.41, 5.74) is 1.77. The van der Waals surface area contributed by atoms with E-state index >= 15 is 0 Å². The van der Waals surface area contributed by atoms with Crippen LogP contribution in [0.4, 0.5) is 17.1 Å². The van der Waals surface area contributed by atoms with Gasteiger partial charge in [0.05, 0.1) is 15.6 Å². The van der Waals surface area contributed by atoms with Gasteiger partial charge in [0.2, 0.25) is 0 Å². The Morgan fingerprint density at radius 3 is 2.65 bits per heavy atom. The van der Waals surface area contributed by atoms with Crippen LogP contribution >= 0.6 is 23.8 Å². The monoisotopic (exact) mass is 389 g/mol. The number of nitro benzene ring substituents is 1.